The smallest absolute Gasteiger partial charge is 0.222 e. The number of hydrogen-bond acceptors (Lipinski definition) is 4. The Labute approximate surface area is 124 Å². The Morgan fingerprint density at radius 1 is 1.40 bits per heavy atom. The SMILES string of the molecule is NCCCCCCC(=O)N1CCOC(c2cccs2)C1. The summed E-state index contributed by atoms with van der Waals surface area (Å²) >= 11 is 1.70. The topological polar surface area (TPSA) is 55.6 Å². The average molecular weight is 296 g/mol. The molecule has 20 heavy (non-hydrogen) atoms. The molecule has 5 heteroatoms. The Bertz CT molecular complexity index is 395. The molecular weight excluding hydrogens is 272 g/mol. The van der Waals surface area contributed by atoms with E-state index in [0.29, 0.717) is 19.6 Å². The molecule has 1 aliphatic heterocycles. The van der Waals surface area contributed by atoms with Crippen LogP contribution in [-0.4, -0.2) is 37.0 Å². The summed E-state index contributed by atoms with van der Waals surface area (Å²) in [6.07, 6.45) is 4.98. The average Bonchev–Trinajstić information content (AvgIpc) is 3.01. The molecule has 0 aliphatic carbocycles. The van der Waals surface area contributed by atoms with Crippen LogP contribution < -0.4 is 5.73 Å². The fraction of sp³-hybridized carbons (Fsp3) is 0.667. The van der Waals surface area contributed by atoms with Crippen molar-refractivity contribution in [1.82, 2.24) is 4.90 Å². The van der Waals surface area contributed by atoms with Gasteiger partial charge in [0.1, 0.15) is 6.10 Å². The summed E-state index contributed by atoms with van der Waals surface area (Å²) in [5.41, 5.74) is 5.46. The minimum Gasteiger partial charge on any atom is -0.369 e. The third-order valence-corrected chi connectivity index (χ3v) is 4.59. The number of nitrogens with zero attached hydrogens (tertiary/aromatic N) is 1. The van der Waals surface area contributed by atoms with Crippen LogP contribution in [-0.2, 0) is 9.53 Å². The molecule has 0 spiro atoms. The normalized spacial score (nSPS) is 19.2. The van der Waals surface area contributed by atoms with Crippen LogP contribution in [0, 0.1) is 0 Å². The van der Waals surface area contributed by atoms with Crippen LogP contribution in [0.15, 0.2) is 17.5 Å². The number of unbranched alkanes of at least 4 members (excludes halogenated alkanes) is 3. The summed E-state index contributed by atoms with van der Waals surface area (Å²) in [4.78, 5) is 15.4. The molecule has 1 atom stereocenters. The summed E-state index contributed by atoms with van der Waals surface area (Å²) < 4.78 is 5.76. The highest BCUT2D eigenvalue weighted by molar-refractivity contribution is 7.10. The van der Waals surface area contributed by atoms with E-state index in [1.807, 2.05) is 11.0 Å². The first kappa shape index (κ1) is 15.5. The molecule has 1 unspecified atom stereocenters. The zero-order valence-corrected chi connectivity index (χ0v) is 12.7. The lowest BCUT2D eigenvalue weighted by molar-refractivity contribution is -0.139. The monoisotopic (exact) mass is 296 g/mol. The van der Waals surface area contributed by atoms with Gasteiger partial charge in [0.25, 0.3) is 0 Å². The number of hydrogen-bond donors (Lipinski definition) is 1. The molecule has 0 saturated carbocycles. The second-order valence-electron chi connectivity index (χ2n) is 5.17. The molecule has 1 fully saturated rings. The van der Waals surface area contributed by atoms with E-state index in [0.717, 1.165) is 38.8 Å². The number of nitrogens with two attached hydrogens (primary N) is 1. The van der Waals surface area contributed by atoms with Gasteiger partial charge in [0, 0.05) is 17.8 Å². The van der Waals surface area contributed by atoms with Crippen molar-refractivity contribution < 1.29 is 9.53 Å². The quantitative estimate of drug-likeness (QED) is 0.787. The lowest BCUT2D eigenvalue weighted by atomic mass is 10.1. The summed E-state index contributed by atoms with van der Waals surface area (Å²) in [6.45, 7) is 2.81. The fourth-order valence-corrected chi connectivity index (χ4v) is 3.22. The van der Waals surface area contributed by atoms with Gasteiger partial charge in [0.15, 0.2) is 0 Å². The molecule has 1 saturated heterocycles. The third kappa shape index (κ3) is 4.58. The highest BCUT2D eigenvalue weighted by atomic mass is 32.1. The summed E-state index contributed by atoms with van der Waals surface area (Å²) in [5, 5.41) is 2.05. The van der Waals surface area contributed by atoms with Crippen LogP contribution in [0.4, 0.5) is 0 Å². The predicted octanol–water partition coefficient (Wildman–Crippen LogP) is 2.56. The number of rotatable bonds is 7. The molecule has 0 aromatic carbocycles. The second-order valence-corrected chi connectivity index (χ2v) is 6.15. The van der Waals surface area contributed by atoms with Gasteiger partial charge in [-0.3, -0.25) is 4.79 Å². The standard InChI is InChI=1S/C15H24N2O2S/c16-8-4-2-1-3-7-15(18)17-9-10-19-13(12-17)14-6-5-11-20-14/h5-6,11,13H,1-4,7-10,12,16H2. The minimum absolute atomic E-state index is 0.0601. The molecule has 1 aliphatic rings. The molecule has 112 valence electrons. The van der Waals surface area contributed by atoms with E-state index in [4.69, 9.17) is 10.5 Å². The van der Waals surface area contributed by atoms with E-state index in [2.05, 4.69) is 11.4 Å². The van der Waals surface area contributed by atoms with Gasteiger partial charge in [0.05, 0.1) is 13.2 Å². The number of ether oxygens (including phenoxy) is 1. The van der Waals surface area contributed by atoms with Crippen molar-refractivity contribution in [2.75, 3.05) is 26.2 Å². The highest BCUT2D eigenvalue weighted by Crippen LogP contribution is 2.26. The van der Waals surface area contributed by atoms with Crippen LogP contribution in [0.3, 0.4) is 0 Å². The van der Waals surface area contributed by atoms with Crippen molar-refractivity contribution in [2.24, 2.45) is 5.73 Å². The first-order valence-electron chi connectivity index (χ1n) is 7.44. The molecule has 1 aromatic rings. The first-order valence-corrected chi connectivity index (χ1v) is 8.32. The minimum atomic E-state index is 0.0601. The van der Waals surface area contributed by atoms with E-state index in [9.17, 15) is 4.79 Å². The number of amides is 1. The Kier molecular flexibility index (Phi) is 6.50. The number of carbonyl (C=O) groups excluding carboxylic acids is 1. The van der Waals surface area contributed by atoms with Gasteiger partial charge in [-0.15, -0.1) is 11.3 Å². The van der Waals surface area contributed by atoms with Crippen LogP contribution in [0.5, 0.6) is 0 Å². The van der Waals surface area contributed by atoms with Crippen molar-refractivity contribution in [1.29, 1.82) is 0 Å². The van der Waals surface area contributed by atoms with Gasteiger partial charge in [0.2, 0.25) is 5.91 Å². The summed E-state index contributed by atoms with van der Waals surface area (Å²) in [5.74, 6) is 0.266. The van der Waals surface area contributed by atoms with Gasteiger partial charge in [-0.05, 0) is 30.8 Å². The molecule has 2 heterocycles. The Balaban J connectivity index is 1.73. The molecule has 0 bridgehead atoms. The highest BCUT2D eigenvalue weighted by Gasteiger charge is 2.25. The fourth-order valence-electron chi connectivity index (χ4n) is 2.45. The van der Waals surface area contributed by atoms with Gasteiger partial charge in [-0.1, -0.05) is 18.9 Å². The summed E-state index contributed by atoms with van der Waals surface area (Å²) in [7, 11) is 0. The zero-order valence-electron chi connectivity index (χ0n) is 11.9. The maximum absolute atomic E-state index is 12.2. The van der Waals surface area contributed by atoms with E-state index in [-0.39, 0.29) is 12.0 Å². The molecular formula is C15H24N2O2S. The van der Waals surface area contributed by atoms with Crippen LogP contribution >= 0.6 is 11.3 Å². The predicted molar refractivity (Wildman–Crippen MR) is 81.7 cm³/mol. The number of carbonyl (C=O) groups is 1. The molecule has 4 nitrogen and oxygen atoms in total. The van der Waals surface area contributed by atoms with Crippen molar-refractivity contribution in [3.8, 4) is 0 Å². The first-order chi connectivity index (χ1) is 9.81. The van der Waals surface area contributed by atoms with E-state index in [1.165, 1.54) is 4.88 Å². The lowest BCUT2D eigenvalue weighted by Crippen LogP contribution is -2.42. The largest absolute Gasteiger partial charge is 0.369 e. The number of morpholine rings is 1. The van der Waals surface area contributed by atoms with Gasteiger partial charge in [-0.25, -0.2) is 0 Å². The lowest BCUT2D eigenvalue weighted by Gasteiger charge is -2.32. The molecule has 1 amide bonds. The van der Waals surface area contributed by atoms with Crippen LogP contribution in [0.1, 0.15) is 43.1 Å². The molecule has 0 radical (unpaired) electrons. The number of thiophene rings is 1. The zero-order chi connectivity index (χ0) is 14.2. The molecule has 2 N–H and O–H groups in total. The maximum Gasteiger partial charge on any atom is 0.222 e. The van der Waals surface area contributed by atoms with Crippen molar-refractivity contribution in [2.45, 2.75) is 38.2 Å². The van der Waals surface area contributed by atoms with Crippen molar-refractivity contribution in [3.63, 3.8) is 0 Å². The maximum atomic E-state index is 12.2. The van der Waals surface area contributed by atoms with Gasteiger partial charge < -0.3 is 15.4 Å². The molecule has 2 rings (SSSR count). The van der Waals surface area contributed by atoms with Crippen molar-refractivity contribution >= 4 is 17.2 Å². The van der Waals surface area contributed by atoms with Gasteiger partial charge >= 0.3 is 0 Å². The Morgan fingerprint density at radius 2 is 2.25 bits per heavy atom. The van der Waals surface area contributed by atoms with Crippen LogP contribution in [0.2, 0.25) is 0 Å². The Morgan fingerprint density at radius 3 is 3.00 bits per heavy atom. The summed E-state index contributed by atoms with van der Waals surface area (Å²) in [6, 6.07) is 4.11. The Hall–Kier alpha value is -0.910. The molecule has 1 aromatic heterocycles. The van der Waals surface area contributed by atoms with Gasteiger partial charge in [-0.2, -0.15) is 0 Å². The van der Waals surface area contributed by atoms with Crippen molar-refractivity contribution in [3.05, 3.63) is 22.4 Å². The second kappa shape index (κ2) is 8.39. The van der Waals surface area contributed by atoms with E-state index >= 15 is 0 Å². The van der Waals surface area contributed by atoms with Crippen LogP contribution in [0.25, 0.3) is 0 Å². The third-order valence-electron chi connectivity index (χ3n) is 3.62. The van der Waals surface area contributed by atoms with E-state index < -0.39 is 0 Å². The van der Waals surface area contributed by atoms with E-state index in [1.54, 1.807) is 11.3 Å².